The minimum Gasteiger partial charge on any atom is -0.316 e. The summed E-state index contributed by atoms with van der Waals surface area (Å²) in [5.41, 5.74) is 5.12. The zero-order valence-electron chi connectivity index (χ0n) is 15.8. The SMILES string of the molecule is CNC1Cc2ccc(CNS(=O)(=O)CC3CC3)cc2C1Cc1ccccc1. The van der Waals surface area contributed by atoms with Gasteiger partial charge in [-0.2, -0.15) is 0 Å². The van der Waals surface area contributed by atoms with Crippen LogP contribution in [0.4, 0.5) is 0 Å². The minimum absolute atomic E-state index is 0.274. The van der Waals surface area contributed by atoms with E-state index in [1.54, 1.807) is 0 Å². The highest BCUT2D eigenvalue weighted by molar-refractivity contribution is 7.89. The summed E-state index contributed by atoms with van der Waals surface area (Å²) in [6.07, 6.45) is 4.12. The Labute approximate surface area is 162 Å². The molecule has 5 heteroatoms. The van der Waals surface area contributed by atoms with Gasteiger partial charge >= 0.3 is 0 Å². The van der Waals surface area contributed by atoms with E-state index in [-0.39, 0.29) is 5.75 Å². The van der Waals surface area contributed by atoms with Gasteiger partial charge < -0.3 is 5.32 Å². The number of likely N-dealkylation sites (N-methyl/N-ethyl adjacent to an activating group) is 1. The molecule has 144 valence electrons. The number of rotatable bonds is 8. The lowest BCUT2D eigenvalue weighted by atomic mass is 9.90. The van der Waals surface area contributed by atoms with Crippen molar-refractivity contribution in [2.75, 3.05) is 12.8 Å². The lowest BCUT2D eigenvalue weighted by molar-refractivity contribution is 0.492. The third-order valence-corrected chi connectivity index (χ3v) is 7.35. The summed E-state index contributed by atoms with van der Waals surface area (Å²) in [7, 11) is -1.14. The molecule has 1 saturated carbocycles. The molecule has 0 saturated heterocycles. The van der Waals surface area contributed by atoms with Crippen molar-refractivity contribution >= 4 is 10.0 Å². The quantitative estimate of drug-likeness (QED) is 0.736. The van der Waals surface area contributed by atoms with Crippen LogP contribution in [-0.4, -0.2) is 27.3 Å². The normalized spacial score (nSPS) is 22.0. The molecule has 0 aliphatic heterocycles. The van der Waals surface area contributed by atoms with Crippen LogP contribution >= 0.6 is 0 Å². The van der Waals surface area contributed by atoms with Crippen molar-refractivity contribution in [1.82, 2.24) is 10.0 Å². The van der Waals surface area contributed by atoms with E-state index in [1.807, 2.05) is 13.1 Å². The molecule has 2 aromatic rings. The van der Waals surface area contributed by atoms with Crippen molar-refractivity contribution in [1.29, 1.82) is 0 Å². The average Bonchev–Trinajstić information content (AvgIpc) is 3.40. The molecule has 4 rings (SSSR count). The first-order valence-electron chi connectivity index (χ1n) is 9.84. The fourth-order valence-electron chi connectivity index (χ4n) is 4.15. The van der Waals surface area contributed by atoms with Crippen molar-refractivity contribution in [2.45, 2.75) is 44.2 Å². The summed E-state index contributed by atoms with van der Waals surface area (Å²) < 4.78 is 27.1. The van der Waals surface area contributed by atoms with Gasteiger partial charge in [0.05, 0.1) is 5.75 Å². The molecule has 2 aliphatic carbocycles. The highest BCUT2D eigenvalue weighted by Gasteiger charge is 2.32. The van der Waals surface area contributed by atoms with E-state index < -0.39 is 10.0 Å². The van der Waals surface area contributed by atoms with E-state index in [9.17, 15) is 8.42 Å². The van der Waals surface area contributed by atoms with Gasteiger partial charge in [0.25, 0.3) is 0 Å². The van der Waals surface area contributed by atoms with E-state index in [0.29, 0.717) is 24.4 Å². The van der Waals surface area contributed by atoms with E-state index in [4.69, 9.17) is 0 Å². The molecule has 4 nitrogen and oxygen atoms in total. The van der Waals surface area contributed by atoms with Gasteiger partial charge in [-0.05, 0) is 60.9 Å². The smallest absolute Gasteiger partial charge is 0.212 e. The van der Waals surface area contributed by atoms with Gasteiger partial charge in [-0.3, -0.25) is 0 Å². The standard InChI is InChI=1S/C22H28N2O2S/c1-23-22-13-19-10-9-18(14-24-27(25,26)15-17-7-8-17)12-20(19)21(22)11-16-5-3-2-4-6-16/h2-6,9-10,12,17,21-24H,7-8,11,13-15H2,1H3. The maximum Gasteiger partial charge on any atom is 0.212 e. The Morgan fingerprint density at radius 2 is 1.81 bits per heavy atom. The number of hydrogen-bond donors (Lipinski definition) is 2. The maximum atomic E-state index is 12.2. The van der Waals surface area contributed by atoms with Crippen LogP contribution in [0.5, 0.6) is 0 Å². The first-order chi connectivity index (χ1) is 13.0. The Morgan fingerprint density at radius 1 is 1.04 bits per heavy atom. The van der Waals surface area contributed by atoms with Crippen molar-refractivity contribution in [2.24, 2.45) is 5.92 Å². The van der Waals surface area contributed by atoms with Gasteiger partial charge in [-0.1, -0.05) is 48.5 Å². The number of fused-ring (bicyclic) bond motifs is 1. The second-order valence-corrected chi connectivity index (χ2v) is 9.83. The largest absolute Gasteiger partial charge is 0.316 e. The zero-order chi connectivity index (χ0) is 18.9. The lowest BCUT2D eigenvalue weighted by Gasteiger charge is -2.20. The lowest BCUT2D eigenvalue weighted by Crippen LogP contribution is -2.30. The first kappa shape index (κ1) is 18.7. The molecule has 0 radical (unpaired) electrons. The zero-order valence-corrected chi connectivity index (χ0v) is 16.6. The van der Waals surface area contributed by atoms with Crippen molar-refractivity contribution in [3.05, 3.63) is 70.8 Å². The van der Waals surface area contributed by atoms with Crippen LogP contribution in [0, 0.1) is 5.92 Å². The Kier molecular flexibility index (Phi) is 5.35. The van der Waals surface area contributed by atoms with Crippen LogP contribution in [0.3, 0.4) is 0 Å². The fourth-order valence-corrected chi connectivity index (χ4v) is 5.61. The van der Waals surface area contributed by atoms with Crippen molar-refractivity contribution in [3.63, 3.8) is 0 Å². The molecule has 2 aromatic carbocycles. The van der Waals surface area contributed by atoms with Crippen molar-refractivity contribution < 1.29 is 8.42 Å². The number of nitrogens with one attached hydrogen (secondary N) is 2. The van der Waals surface area contributed by atoms with Crippen molar-refractivity contribution in [3.8, 4) is 0 Å². The average molecular weight is 385 g/mol. The Bertz CT molecular complexity index is 892. The van der Waals surface area contributed by atoms with Crippen LogP contribution in [0.15, 0.2) is 48.5 Å². The van der Waals surface area contributed by atoms with E-state index >= 15 is 0 Å². The summed E-state index contributed by atoms with van der Waals surface area (Å²) in [5, 5.41) is 3.47. The number of benzene rings is 2. The van der Waals surface area contributed by atoms with Crippen LogP contribution in [0.25, 0.3) is 0 Å². The highest BCUT2D eigenvalue weighted by atomic mass is 32.2. The molecular formula is C22H28N2O2S. The summed E-state index contributed by atoms with van der Waals surface area (Å²) in [4.78, 5) is 0. The summed E-state index contributed by atoms with van der Waals surface area (Å²) in [5.74, 6) is 1.06. The predicted octanol–water partition coefficient (Wildman–Crippen LogP) is 2.99. The van der Waals surface area contributed by atoms with Gasteiger partial charge in [0.15, 0.2) is 0 Å². The predicted molar refractivity (Wildman–Crippen MR) is 109 cm³/mol. The molecule has 2 aliphatic rings. The minimum atomic E-state index is -3.17. The Balaban J connectivity index is 1.50. The third-order valence-electron chi connectivity index (χ3n) is 5.85. The monoisotopic (exact) mass is 384 g/mol. The van der Waals surface area contributed by atoms with Crippen LogP contribution in [0.1, 0.15) is 41.0 Å². The summed E-state index contributed by atoms with van der Waals surface area (Å²) in [6, 6.07) is 17.5. The second-order valence-electron chi connectivity index (χ2n) is 7.97. The van der Waals surface area contributed by atoms with E-state index in [1.165, 1.54) is 16.7 Å². The molecular weight excluding hydrogens is 356 g/mol. The van der Waals surface area contributed by atoms with Crippen LogP contribution in [-0.2, 0) is 29.4 Å². The number of sulfonamides is 1. The second kappa shape index (κ2) is 7.74. The first-order valence-corrected chi connectivity index (χ1v) is 11.5. The maximum absolute atomic E-state index is 12.2. The Morgan fingerprint density at radius 3 is 2.52 bits per heavy atom. The molecule has 27 heavy (non-hydrogen) atoms. The molecule has 1 fully saturated rings. The van der Waals surface area contributed by atoms with E-state index in [0.717, 1.165) is 31.2 Å². The molecule has 0 aromatic heterocycles. The van der Waals surface area contributed by atoms with Gasteiger partial charge in [0.2, 0.25) is 10.0 Å². The topological polar surface area (TPSA) is 58.2 Å². The number of hydrogen-bond acceptors (Lipinski definition) is 3. The third kappa shape index (κ3) is 4.60. The molecule has 0 bridgehead atoms. The van der Waals surface area contributed by atoms with Gasteiger partial charge in [-0.25, -0.2) is 13.1 Å². The molecule has 0 spiro atoms. The Hall–Kier alpha value is -1.69. The molecule has 2 unspecified atom stereocenters. The van der Waals surface area contributed by atoms with Crippen LogP contribution in [0.2, 0.25) is 0 Å². The van der Waals surface area contributed by atoms with Crippen LogP contribution < -0.4 is 10.0 Å². The molecule has 0 amide bonds. The highest BCUT2D eigenvalue weighted by Crippen LogP contribution is 2.36. The van der Waals surface area contributed by atoms with Gasteiger partial charge in [0.1, 0.15) is 0 Å². The van der Waals surface area contributed by atoms with E-state index in [2.05, 4.69) is 52.5 Å². The molecule has 2 atom stereocenters. The van der Waals surface area contributed by atoms with Gasteiger partial charge in [-0.15, -0.1) is 0 Å². The molecule has 2 N–H and O–H groups in total. The summed E-state index contributed by atoms with van der Waals surface area (Å²) in [6.45, 7) is 0.380. The summed E-state index contributed by atoms with van der Waals surface area (Å²) >= 11 is 0. The molecule has 0 heterocycles. The fraction of sp³-hybridized carbons (Fsp3) is 0.455. The van der Waals surface area contributed by atoms with Gasteiger partial charge in [0, 0.05) is 18.5 Å².